The number of aryl methyl sites for hydroxylation is 1. The Morgan fingerprint density at radius 1 is 1.25 bits per heavy atom. The van der Waals surface area contributed by atoms with Crippen LogP contribution in [0.2, 0.25) is 0 Å². The van der Waals surface area contributed by atoms with Gasteiger partial charge in [-0.3, -0.25) is 0 Å². The van der Waals surface area contributed by atoms with Crippen molar-refractivity contribution in [3.05, 3.63) is 35.6 Å². The zero-order valence-electron chi connectivity index (χ0n) is 9.71. The van der Waals surface area contributed by atoms with Gasteiger partial charge < -0.3 is 5.32 Å². The van der Waals surface area contributed by atoms with Crippen LogP contribution in [0.5, 0.6) is 0 Å². The Labute approximate surface area is 97.1 Å². The summed E-state index contributed by atoms with van der Waals surface area (Å²) >= 11 is 0. The summed E-state index contributed by atoms with van der Waals surface area (Å²) < 4.78 is 12.7. The van der Waals surface area contributed by atoms with Crippen LogP contribution in [-0.2, 0) is 6.42 Å². The summed E-state index contributed by atoms with van der Waals surface area (Å²) in [6.07, 6.45) is 6.29. The standard InChI is InChI=1S/C14H20FN/c15-14-8-6-12(7-9-14)3-1-4-13-5-2-10-16-11-13/h6-9,13,16H,1-5,10-11H2/t13-/m1/s1. The summed E-state index contributed by atoms with van der Waals surface area (Å²) in [5.74, 6) is 0.717. The maximum absolute atomic E-state index is 12.7. The molecule has 0 aliphatic carbocycles. The molecule has 1 aromatic rings. The smallest absolute Gasteiger partial charge is 0.123 e. The summed E-state index contributed by atoms with van der Waals surface area (Å²) in [4.78, 5) is 0. The van der Waals surface area contributed by atoms with Crippen molar-refractivity contribution < 1.29 is 4.39 Å². The van der Waals surface area contributed by atoms with E-state index in [1.807, 2.05) is 12.1 Å². The van der Waals surface area contributed by atoms with Crippen molar-refractivity contribution in [2.45, 2.75) is 32.1 Å². The van der Waals surface area contributed by atoms with Crippen LogP contribution < -0.4 is 5.32 Å². The highest BCUT2D eigenvalue weighted by molar-refractivity contribution is 5.15. The first-order valence-corrected chi connectivity index (χ1v) is 6.30. The van der Waals surface area contributed by atoms with E-state index in [1.165, 1.54) is 44.3 Å². The minimum Gasteiger partial charge on any atom is -0.316 e. The van der Waals surface area contributed by atoms with E-state index >= 15 is 0 Å². The second-order valence-electron chi connectivity index (χ2n) is 4.73. The van der Waals surface area contributed by atoms with Crippen LogP contribution in [0.3, 0.4) is 0 Å². The lowest BCUT2D eigenvalue weighted by atomic mass is 9.93. The molecule has 1 N–H and O–H groups in total. The molecule has 1 aliphatic heterocycles. The van der Waals surface area contributed by atoms with Crippen LogP contribution in [0, 0.1) is 11.7 Å². The Morgan fingerprint density at radius 3 is 2.75 bits per heavy atom. The van der Waals surface area contributed by atoms with Gasteiger partial charge in [-0.05, 0) is 68.8 Å². The normalized spacial score (nSPS) is 20.9. The molecule has 16 heavy (non-hydrogen) atoms. The Hall–Kier alpha value is -0.890. The molecule has 2 heteroatoms. The van der Waals surface area contributed by atoms with E-state index in [0.717, 1.165) is 12.3 Å². The van der Waals surface area contributed by atoms with Crippen LogP contribution in [0.15, 0.2) is 24.3 Å². The Balaban J connectivity index is 1.69. The number of halogens is 1. The van der Waals surface area contributed by atoms with E-state index in [2.05, 4.69) is 5.32 Å². The van der Waals surface area contributed by atoms with Gasteiger partial charge in [-0.15, -0.1) is 0 Å². The molecule has 1 saturated heterocycles. The lowest BCUT2D eigenvalue weighted by molar-refractivity contribution is 0.351. The average molecular weight is 221 g/mol. The fourth-order valence-corrected chi connectivity index (χ4v) is 2.42. The minimum absolute atomic E-state index is 0.139. The monoisotopic (exact) mass is 221 g/mol. The maximum atomic E-state index is 12.7. The summed E-state index contributed by atoms with van der Waals surface area (Å²) in [7, 11) is 0. The highest BCUT2D eigenvalue weighted by Gasteiger charge is 2.11. The van der Waals surface area contributed by atoms with Gasteiger partial charge in [0.05, 0.1) is 0 Å². The second-order valence-corrected chi connectivity index (χ2v) is 4.73. The fourth-order valence-electron chi connectivity index (χ4n) is 2.42. The van der Waals surface area contributed by atoms with Gasteiger partial charge >= 0.3 is 0 Å². The zero-order valence-corrected chi connectivity index (χ0v) is 9.71. The van der Waals surface area contributed by atoms with Crippen LogP contribution in [-0.4, -0.2) is 13.1 Å². The molecule has 0 radical (unpaired) electrons. The van der Waals surface area contributed by atoms with Crippen LogP contribution in [0.4, 0.5) is 4.39 Å². The molecule has 0 unspecified atom stereocenters. The molecule has 1 nitrogen and oxygen atoms in total. The van der Waals surface area contributed by atoms with Gasteiger partial charge in [0.25, 0.3) is 0 Å². The van der Waals surface area contributed by atoms with Crippen molar-refractivity contribution >= 4 is 0 Å². The fraction of sp³-hybridized carbons (Fsp3) is 0.571. The Morgan fingerprint density at radius 2 is 2.06 bits per heavy atom. The largest absolute Gasteiger partial charge is 0.316 e. The Bertz CT molecular complexity index is 301. The van der Waals surface area contributed by atoms with Gasteiger partial charge in [-0.25, -0.2) is 4.39 Å². The number of piperidine rings is 1. The molecule has 1 heterocycles. The summed E-state index contributed by atoms with van der Waals surface area (Å²) in [5.41, 5.74) is 1.25. The van der Waals surface area contributed by atoms with E-state index in [1.54, 1.807) is 12.1 Å². The van der Waals surface area contributed by atoms with Crippen molar-refractivity contribution in [1.29, 1.82) is 0 Å². The molecule has 0 saturated carbocycles. The van der Waals surface area contributed by atoms with E-state index in [-0.39, 0.29) is 5.82 Å². The van der Waals surface area contributed by atoms with Crippen molar-refractivity contribution in [3.8, 4) is 0 Å². The number of nitrogens with one attached hydrogen (secondary N) is 1. The van der Waals surface area contributed by atoms with E-state index in [4.69, 9.17) is 0 Å². The molecular weight excluding hydrogens is 201 g/mol. The minimum atomic E-state index is -0.139. The quantitative estimate of drug-likeness (QED) is 0.823. The van der Waals surface area contributed by atoms with Gasteiger partial charge in [0, 0.05) is 0 Å². The van der Waals surface area contributed by atoms with Gasteiger partial charge in [0.15, 0.2) is 0 Å². The maximum Gasteiger partial charge on any atom is 0.123 e. The average Bonchev–Trinajstić information content (AvgIpc) is 2.33. The number of benzene rings is 1. The van der Waals surface area contributed by atoms with E-state index < -0.39 is 0 Å². The second kappa shape index (κ2) is 6.00. The predicted octanol–water partition coefficient (Wildman–Crippen LogP) is 3.15. The molecule has 2 rings (SSSR count). The molecular formula is C14H20FN. The molecule has 0 bridgehead atoms. The topological polar surface area (TPSA) is 12.0 Å². The number of hydrogen-bond acceptors (Lipinski definition) is 1. The molecule has 0 amide bonds. The van der Waals surface area contributed by atoms with Gasteiger partial charge in [-0.2, -0.15) is 0 Å². The third-order valence-electron chi connectivity index (χ3n) is 3.39. The first-order chi connectivity index (χ1) is 7.84. The van der Waals surface area contributed by atoms with E-state index in [9.17, 15) is 4.39 Å². The van der Waals surface area contributed by atoms with Crippen LogP contribution in [0.25, 0.3) is 0 Å². The third-order valence-corrected chi connectivity index (χ3v) is 3.39. The first-order valence-electron chi connectivity index (χ1n) is 6.30. The molecule has 1 aromatic carbocycles. The van der Waals surface area contributed by atoms with Gasteiger partial charge in [0.2, 0.25) is 0 Å². The van der Waals surface area contributed by atoms with Crippen molar-refractivity contribution in [2.75, 3.05) is 13.1 Å². The van der Waals surface area contributed by atoms with Gasteiger partial charge in [-0.1, -0.05) is 12.1 Å². The summed E-state index contributed by atoms with van der Waals surface area (Å²) in [6, 6.07) is 6.90. The highest BCUT2D eigenvalue weighted by atomic mass is 19.1. The zero-order chi connectivity index (χ0) is 11.2. The number of rotatable bonds is 4. The molecule has 1 atom stereocenters. The molecule has 1 aliphatic rings. The predicted molar refractivity (Wildman–Crippen MR) is 64.9 cm³/mol. The number of hydrogen-bond donors (Lipinski definition) is 1. The lowest BCUT2D eigenvalue weighted by Gasteiger charge is -2.22. The Kier molecular flexibility index (Phi) is 4.34. The van der Waals surface area contributed by atoms with Crippen molar-refractivity contribution in [3.63, 3.8) is 0 Å². The highest BCUT2D eigenvalue weighted by Crippen LogP contribution is 2.17. The lowest BCUT2D eigenvalue weighted by Crippen LogP contribution is -2.29. The third kappa shape index (κ3) is 3.60. The molecule has 0 aromatic heterocycles. The summed E-state index contributed by atoms with van der Waals surface area (Å²) in [6.45, 7) is 2.37. The molecule has 0 spiro atoms. The van der Waals surface area contributed by atoms with E-state index in [0.29, 0.717) is 0 Å². The SMILES string of the molecule is Fc1ccc(CCC[C@@H]2CCCNC2)cc1. The van der Waals surface area contributed by atoms with Crippen LogP contribution >= 0.6 is 0 Å². The van der Waals surface area contributed by atoms with Crippen LogP contribution in [0.1, 0.15) is 31.2 Å². The van der Waals surface area contributed by atoms with Crippen molar-refractivity contribution in [2.24, 2.45) is 5.92 Å². The molecule has 88 valence electrons. The summed E-state index contributed by atoms with van der Waals surface area (Å²) in [5, 5.41) is 3.44. The molecule has 1 fully saturated rings. The first kappa shape index (κ1) is 11.6. The van der Waals surface area contributed by atoms with Gasteiger partial charge in [0.1, 0.15) is 5.82 Å². The van der Waals surface area contributed by atoms with Crippen molar-refractivity contribution in [1.82, 2.24) is 5.32 Å².